The lowest BCUT2D eigenvalue weighted by Crippen LogP contribution is -2.05. The molecule has 2 nitrogen and oxygen atoms in total. The van der Waals surface area contributed by atoms with Gasteiger partial charge in [-0.2, -0.15) is 0 Å². The quantitative estimate of drug-likeness (QED) is 0.477. The van der Waals surface area contributed by atoms with Gasteiger partial charge in [0, 0.05) is 21.9 Å². The summed E-state index contributed by atoms with van der Waals surface area (Å²) in [5.74, 6) is 0. The highest BCUT2D eigenvalue weighted by molar-refractivity contribution is 6.00. The molecule has 1 N–H and O–H groups in total. The van der Waals surface area contributed by atoms with E-state index in [1.165, 1.54) is 22.3 Å². The Morgan fingerprint density at radius 1 is 0.792 bits per heavy atom. The van der Waals surface area contributed by atoms with Crippen molar-refractivity contribution >= 4 is 21.8 Å². The summed E-state index contributed by atoms with van der Waals surface area (Å²) in [7, 11) is 0. The van der Waals surface area contributed by atoms with Crippen molar-refractivity contribution in [2.24, 2.45) is 0 Å². The van der Waals surface area contributed by atoms with Gasteiger partial charge in [-0.25, -0.2) is 0 Å². The molecule has 0 aliphatic carbocycles. The Labute approximate surface area is 140 Å². The first kappa shape index (κ1) is 14.7. The van der Waals surface area contributed by atoms with Crippen LogP contribution < -0.4 is 5.43 Å². The number of aryl methyl sites for hydroxylation is 3. The molecule has 2 heteroatoms. The number of fused-ring (bicyclic) bond motifs is 2. The Morgan fingerprint density at radius 3 is 2.21 bits per heavy atom. The number of hydrogen-bond acceptors (Lipinski definition) is 1. The maximum absolute atomic E-state index is 12.9. The molecular weight excluding hydrogens is 294 g/mol. The van der Waals surface area contributed by atoms with Gasteiger partial charge in [0.15, 0.2) is 5.43 Å². The Balaban J connectivity index is 2.17. The molecule has 0 unspecified atom stereocenters. The van der Waals surface area contributed by atoms with Gasteiger partial charge in [0.25, 0.3) is 0 Å². The Hall–Kier alpha value is -2.87. The molecule has 3 aromatic carbocycles. The summed E-state index contributed by atoms with van der Waals surface area (Å²) >= 11 is 0. The van der Waals surface area contributed by atoms with Gasteiger partial charge in [-0.1, -0.05) is 42.0 Å². The van der Waals surface area contributed by atoms with E-state index in [0.717, 1.165) is 27.4 Å². The van der Waals surface area contributed by atoms with Crippen molar-refractivity contribution in [2.75, 3.05) is 0 Å². The molecule has 0 radical (unpaired) electrons. The predicted molar refractivity (Wildman–Crippen MR) is 102 cm³/mol. The minimum atomic E-state index is 0.0867. The summed E-state index contributed by atoms with van der Waals surface area (Å²) in [6.07, 6.45) is 0. The number of pyridine rings is 1. The van der Waals surface area contributed by atoms with Gasteiger partial charge in [0.1, 0.15) is 0 Å². The Morgan fingerprint density at radius 2 is 1.46 bits per heavy atom. The van der Waals surface area contributed by atoms with Crippen LogP contribution in [-0.4, -0.2) is 4.98 Å². The second-order valence-corrected chi connectivity index (χ2v) is 6.50. The van der Waals surface area contributed by atoms with Gasteiger partial charge in [0.05, 0.1) is 5.52 Å². The molecule has 24 heavy (non-hydrogen) atoms. The Bertz CT molecular complexity index is 1130. The number of aromatic nitrogens is 1. The van der Waals surface area contributed by atoms with Gasteiger partial charge in [0.2, 0.25) is 0 Å². The van der Waals surface area contributed by atoms with Crippen LogP contribution in [0, 0.1) is 20.8 Å². The molecule has 1 heterocycles. The second-order valence-electron chi connectivity index (χ2n) is 6.50. The van der Waals surface area contributed by atoms with Crippen LogP contribution in [0.25, 0.3) is 32.9 Å². The van der Waals surface area contributed by atoms with Crippen LogP contribution in [0.1, 0.15) is 16.7 Å². The number of rotatable bonds is 1. The van der Waals surface area contributed by atoms with Crippen LogP contribution in [0.3, 0.4) is 0 Å². The molecule has 4 aromatic rings. The van der Waals surface area contributed by atoms with Crippen molar-refractivity contribution in [2.45, 2.75) is 20.8 Å². The van der Waals surface area contributed by atoms with Crippen molar-refractivity contribution in [3.05, 3.63) is 81.5 Å². The second kappa shape index (κ2) is 5.34. The van der Waals surface area contributed by atoms with E-state index in [1.54, 1.807) is 0 Å². The average Bonchev–Trinajstić information content (AvgIpc) is 2.55. The predicted octanol–water partition coefficient (Wildman–Crippen LogP) is 5.27. The SMILES string of the molecule is Cc1cc(C)c(-c2cccc3c(=O)c4ccccc4[nH]c23)c(C)c1. The maximum Gasteiger partial charge on any atom is 0.197 e. The third kappa shape index (κ3) is 2.15. The average molecular weight is 313 g/mol. The number of hydrogen-bond donors (Lipinski definition) is 1. The fraction of sp³-hybridized carbons (Fsp3) is 0.136. The minimum absolute atomic E-state index is 0.0867. The molecule has 0 saturated carbocycles. The van der Waals surface area contributed by atoms with Gasteiger partial charge in [-0.3, -0.25) is 4.79 Å². The number of aromatic amines is 1. The molecule has 0 fully saturated rings. The lowest BCUT2D eigenvalue weighted by molar-refractivity contribution is 1.32. The monoisotopic (exact) mass is 313 g/mol. The largest absolute Gasteiger partial charge is 0.354 e. The lowest BCUT2D eigenvalue weighted by atomic mass is 9.92. The van der Waals surface area contributed by atoms with E-state index >= 15 is 0 Å². The van der Waals surface area contributed by atoms with Crippen LogP contribution in [0.4, 0.5) is 0 Å². The fourth-order valence-electron chi connectivity index (χ4n) is 3.76. The van der Waals surface area contributed by atoms with E-state index in [4.69, 9.17) is 0 Å². The molecule has 118 valence electrons. The van der Waals surface area contributed by atoms with E-state index in [0.29, 0.717) is 0 Å². The highest BCUT2D eigenvalue weighted by atomic mass is 16.1. The highest BCUT2D eigenvalue weighted by Crippen LogP contribution is 2.33. The molecule has 0 amide bonds. The number of nitrogens with one attached hydrogen (secondary N) is 1. The Kier molecular flexibility index (Phi) is 3.27. The smallest absolute Gasteiger partial charge is 0.197 e. The van der Waals surface area contributed by atoms with Crippen molar-refractivity contribution < 1.29 is 0 Å². The van der Waals surface area contributed by atoms with Gasteiger partial charge < -0.3 is 4.98 Å². The summed E-state index contributed by atoms with van der Waals surface area (Å²) in [5, 5.41) is 1.48. The first-order valence-electron chi connectivity index (χ1n) is 8.18. The molecular formula is C22H19NO. The van der Waals surface area contributed by atoms with Crippen LogP contribution in [0.5, 0.6) is 0 Å². The summed E-state index contributed by atoms with van der Waals surface area (Å²) in [4.78, 5) is 16.4. The maximum atomic E-state index is 12.9. The summed E-state index contributed by atoms with van der Waals surface area (Å²) < 4.78 is 0. The number of para-hydroxylation sites is 2. The molecule has 0 atom stereocenters. The van der Waals surface area contributed by atoms with E-state index < -0.39 is 0 Å². The van der Waals surface area contributed by atoms with E-state index in [1.807, 2.05) is 36.4 Å². The normalized spacial score (nSPS) is 11.3. The lowest BCUT2D eigenvalue weighted by Gasteiger charge is -2.14. The van der Waals surface area contributed by atoms with Crippen LogP contribution in [-0.2, 0) is 0 Å². The zero-order valence-corrected chi connectivity index (χ0v) is 14.1. The summed E-state index contributed by atoms with van der Waals surface area (Å²) in [5.41, 5.74) is 7.89. The summed E-state index contributed by atoms with van der Waals surface area (Å²) in [6.45, 7) is 6.38. The summed E-state index contributed by atoms with van der Waals surface area (Å²) in [6, 6.07) is 18.1. The molecule has 1 aromatic heterocycles. The van der Waals surface area contributed by atoms with Gasteiger partial charge in [-0.05, 0) is 55.7 Å². The van der Waals surface area contributed by atoms with Crippen molar-refractivity contribution in [3.8, 4) is 11.1 Å². The zero-order valence-electron chi connectivity index (χ0n) is 14.1. The van der Waals surface area contributed by atoms with Gasteiger partial charge >= 0.3 is 0 Å². The first-order valence-corrected chi connectivity index (χ1v) is 8.18. The zero-order chi connectivity index (χ0) is 16.8. The highest BCUT2D eigenvalue weighted by Gasteiger charge is 2.13. The molecule has 0 aliphatic rings. The number of H-pyrrole nitrogens is 1. The molecule has 0 aliphatic heterocycles. The number of benzene rings is 3. The fourth-order valence-corrected chi connectivity index (χ4v) is 3.76. The molecule has 4 rings (SSSR count). The van der Waals surface area contributed by atoms with Gasteiger partial charge in [-0.15, -0.1) is 0 Å². The molecule has 0 spiro atoms. The van der Waals surface area contributed by atoms with E-state index in [-0.39, 0.29) is 5.43 Å². The van der Waals surface area contributed by atoms with E-state index in [2.05, 4.69) is 44.0 Å². The third-order valence-electron chi connectivity index (χ3n) is 4.69. The van der Waals surface area contributed by atoms with Crippen molar-refractivity contribution in [3.63, 3.8) is 0 Å². The minimum Gasteiger partial charge on any atom is -0.354 e. The van der Waals surface area contributed by atoms with Crippen molar-refractivity contribution in [1.82, 2.24) is 4.98 Å². The van der Waals surface area contributed by atoms with Crippen LogP contribution in [0.2, 0.25) is 0 Å². The van der Waals surface area contributed by atoms with E-state index in [9.17, 15) is 4.79 Å². The van der Waals surface area contributed by atoms with Crippen molar-refractivity contribution in [1.29, 1.82) is 0 Å². The molecule has 0 bridgehead atoms. The topological polar surface area (TPSA) is 32.9 Å². The van der Waals surface area contributed by atoms with Crippen LogP contribution in [0.15, 0.2) is 59.4 Å². The standard InChI is InChI=1S/C22H19NO/c1-13-11-14(2)20(15(3)12-13)17-8-6-9-18-21(17)23-19-10-5-4-7-16(19)22(18)24/h4-12H,1-3H3,(H,23,24). The third-order valence-corrected chi connectivity index (χ3v) is 4.69. The van der Waals surface area contributed by atoms with Crippen LogP contribution >= 0.6 is 0 Å². The first-order chi connectivity index (χ1) is 11.6. The molecule has 0 saturated heterocycles.